The molecule has 0 amide bonds. The van der Waals surface area contributed by atoms with Crippen molar-refractivity contribution in [2.75, 3.05) is 18.2 Å². The van der Waals surface area contributed by atoms with Crippen molar-refractivity contribution in [2.45, 2.75) is 24.7 Å². The molecule has 0 bridgehead atoms. The van der Waals surface area contributed by atoms with Gasteiger partial charge in [-0.2, -0.15) is 5.10 Å². The van der Waals surface area contributed by atoms with Gasteiger partial charge in [-0.3, -0.25) is 9.19 Å². The minimum absolute atomic E-state index is 0.495. The Labute approximate surface area is 149 Å². The molecular weight excluding hydrogens is 344 g/mol. The van der Waals surface area contributed by atoms with Crippen LogP contribution in [0.15, 0.2) is 58.5 Å². The van der Waals surface area contributed by atoms with Crippen molar-refractivity contribution < 1.29 is 8.39 Å². The highest BCUT2D eigenvalue weighted by molar-refractivity contribution is 7.80. The fourth-order valence-corrected chi connectivity index (χ4v) is 3.38. The molecule has 0 N–H and O–H groups in total. The van der Waals surface area contributed by atoms with Gasteiger partial charge in [0, 0.05) is 18.0 Å². The Balaban J connectivity index is 1.71. The normalized spacial score (nSPS) is 15.4. The van der Waals surface area contributed by atoms with Crippen LogP contribution in [0.3, 0.4) is 0 Å². The SMILES string of the molecule is CCCOS(=O)c1ccc(N2CCC(c3ccc(Cl)cc3)=N2)cc1. The van der Waals surface area contributed by atoms with Crippen molar-refractivity contribution in [3.63, 3.8) is 0 Å². The summed E-state index contributed by atoms with van der Waals surface area (Å²) in [5.74, 6) is 0. The van der Waals surface area contributed by atoms with E-state index in [2.05, 4.69) is 5.10 Å². The van der Waals surface area contributed by atoms with Gasteiger partial charge in [-0.25, -0.2) is 4.21 Å². The van der Waals surface area contributed by atoms with E-state index >= 15 is 0 Å². The van der Waals surface area contributed by atoms with Gasteiger partial charge in [-0.1, -0.05) is 30.7 Å². The maximum atomic E-state index is 11.9. The Kier molecular flexibility index (Phi) is 5.66. The molecule has 0 radical (unpaired) electrons. The second-order valence-corrected chi connectivity index (χ2v) is 7.09. The van der Waals surface area contributed by atoms with Gasteiger partial charge < -0.3 is 0 Å². The van der Waals surface area contributed by atoms with E-state index in [1.165, 1.54) is 0 Å². The zero-order chi connectivity index (χ0) is 16.9. The lowest BCUT2D eigenvalue weighted by atomic mass is 10.1. The molecule has 0 saturated heterocycles. The van der Waals surface area contributed by atoms with Gasteiger partial charge in [-0.15, -0.1) is 0 Å². The molecule has 0 saturated carbocycles. The van der Waals surface area contributed by atoms with E-state index in [-0.39, 0.29) is 0 Å². The van der Waals surface area contributed by atoms with E-state index in [9.17, 15) is 4.21 Å². The molecule has 1 aliphatic heterocycles. The summed E-state index contributed by atoms with van der Waals surface area (Å²) in [6.45, 7) is 3.31. The fourth-order valence-electron chi connectivity index (χ4n) is 2.45. The average Bonchev–Trinajstić information content (AvgIpc) is 3.10. The number of benzene rings is 2. The summed E-state index contributed by atoms with van der Waals surface area (Å²) in [6, 6.07) is 15.2. The average molecular weight is 363 g/mol. The third kappa shape index (κ3) is 4.04. The molecule has 1 heterocycles. The lowest BCUT2D eigenvalue weighted by Crippen LogP contribution is -2.11. The molecule has 4 nitrogen and oxygen atoms in total. The van der Waals surface area contributed by atoms with Gasteiger partial charge in [0.05, 0.1) is 22.9 Å². The molecule has 1 atom stereocenters. The molecule has 1 aliphatic rings. The molecule has 0 fully saturated rings. The summed E-state index contributed by atoms with van der Waals surface area (Å²) in [5.41, 5.74) is 3.12. The predicted molar refractivity (Wildman–Crippen MR) is 99.0 cm³/mol. The van der Waals surface area contributed by atoms with E-state index < -0.39 is 11.1 Å². The quantitative estimate of drug-likeness (QED) is 0.764. The third-order valence-corrected chi connectivity index (χ3v) is 4.99. The van der Waals surface area contributed by atoms with Gasteiger partial charge in [0.1, 0.15) is 0 Å². The van der Waals surface area contributed by atoms with Gasteiger partial charge in [0.25, 0.3) is 0 Å². The molecular formula is C18H19ClN2O2S. The van der Waals surface area contributed by atoms with Crippen molar-refractivity contribution in [1.29, 1.82) is 0 Å². The maximum Gasteiger partial charge on any atom is 0.189 e. The van der Waals surface area contributed by atoms with Gasteiger partial charge in [0.15, 0.2) is 11.1 Å². The van der Waals surface area contributed by atoms with Gasteiger partial charge in [0.2, 0.25) is 0 Å². The number of hydrazone groups is 1. The number of nitrogens with zero attached hydrogens (tertiary/aromatic N) is 2. The van der Waals surface area contributed by atoms with Gasteiger partial charge in [-0.05, 0) is 48.4 Å². The highest BCUT2D eigenvalue weighted by Crippen LogP contribution is 2.23. The van der Waals surface area contributed by atoms with Crippen molar-refractivity contribution in [3.8, 4) is 0 Å². The molecule has 0 aliphatic carbocycles. The Morgan fingerprint density at radius 1 is 1.17 bits per heavy atom. The molecule has 0 spiro atoms. The lowest BCUT2D eigenvalue weighted by Gasteiger charge is -2.13. The summed E-state index contributed by atoms with van der Waals surface area (Å²) < 4.78 is 17.2. The molecule has 24 heavy (non-hydrogen) atoms. The largest absolute Gasteiger partial charge is 0.287 e. The van der Waals surface area contributed by atoms with E-state index in [1.54, 1.807) is 0 Å². The van der Waals surface area contributed by atoms with Crippen LogP contribution < -0.4 is 5.01 Å². The first kappa shape index (κ1) is 17.1. The zero-order valence-electron chi connectivity index (χ0n) is 13.4. The van der Waals surface area contributed by atoms with Crippen LogP contribution in [0.5, 0.6) is 0 Å². The number of halogens is 1. The van der Waals surface area contributed by atoms with Crippen LogP contribution in [0.25, 0.3) is 0 Å². The van der Waals surface area contributed by atoms with E-state index in [0.29, 0.717) is 11.5 Å². The Morgan fingerprint density at radius 3 is 2.54 bits per heavy atom. The second kappa shape index (κ2) is 7.92. The summed E-state index contributed by atoms with van der Waals surface area (Å²) in [4.78, 5) is 0.674. The molecule has 0 aromatic heterocycles. The maximum absolute atomic E-state index is 11.9. The highest BCUT2D eigenvalue weighted by Gasteiger charge is 2.17. The Morgan fingerprint density at radius 2 is 1.88 bits per heavy atom. The van der Waals surface area contributed by atoms with Crippen LogP contribution in [0.1, 0.15) is 25.3 Å². The van der Waals surface area contributed by atoms with Crippen LogP contribution in [0.4, 0.5) is 5.69 Å². The molecule has 2 aromatic rings. The monoisotopic (exact) mass is 362 g/mol. The van der Waals surface area contributed by atoms with Crippen molar-refractivity contribution in [3.05, 3.63) is 59.1 Å². The first-order valence-corrected chi connectivity index (χ1v) is 9.38. The number of hydrogen-bond donors (Lipinski definition) is 0. The topological polar surface area (TPSA) is 41.9 Å². The van der Waals surface area contributed by atoms with Crippen molar-refractivity contribution in [1.82, 2.24) is 0 Å². The second-order valence-electron chi connectivity index (χ2n) is 5.48. The van der Waals surface area contributed by atoms with Gasteiger partial charge >= 0.3 is 0 Å². The molecule has 2 aromatic carbocycles. The smallest absolute Gasteiger partial charge is 0.189 e. The molecule has 1 unspecified atom stereocenters. The van der Waals surface area contributed by atoms with E-state index in [4.69, 9.17) is 15.8 Å². The minimum atomic E-state index is -1.40. The lowest BCUT2D eigenvalue weighted by molar-refractivity contribution is 0.347. The van der Waals surface area contributed by atoms with Crippen LogP contribution in [-0.2, 0) is 15.3 Å². The molecule has 126 valence electrons. The minimum Gasteiger partial charge on any atom is -0.287 e. The summed E-state index contributed by atoms with van der Waals surface area (Å²) in [5, 5.41) is 7.37. The van der Waals surface area contributed by atoms with Crippen molar-refractivity contribution in [2.24, 2.45) is 5.10 Å². The third-order valence-electron chi connectivity index (χ3n) is 3.70. The van der Waals surface area contributed by atoms with Crippen LogP contribution in [0.2, 0.25) is 5.02 Å². The highest BCUT2D eigenvalue weighted by atomic mass is 35.5. The van der Waals surface area contributed by atoms with E-state index in [0.717, 1.165) is 41.4 Å². The van der Waals surface area contributed by atoms with Crippen LogP contribution in [-0.4, -0.2) is 23.1 Å². The fraction of sp³-hybridized carbons (Fsp3) is 0.278. The Hall–Kier alpha value is -1.69. The number of anilines is 1. The number of hydrogen-bond acceptors (Lipinski definition) is 4. The number of rotatable bonds is 6. The summed E-state index contributed by atoms with van der Waals surface area (Å²) in [7, 11) is 0. The summed E-state index contributed by atoms with van der Waals surface area (Å²) in [6.07, 6.45) is 1.73. The first-order valence-electron chi connectivity index (χ1n) is 7.93. The zero-order valence-corrected chi connectivity index (χ0v) is 15.0. The molecule has 3 rings (SSSR count). The first-order chi connectivity index (χ1) is 11.7. The Bertz CT molecular complexity index is 745. The van der Waals surface area contributed by atoms with Crippen LogP contribution >= 0.6 is 11.6 Å². The van der Waals surface area contributed by atoms with E-state index in [1.807, 2.05) is 60.5 Å². The van der Waals surface area contributed by atoms with Crippen molar-refractivity contribution >= 4 is 34.1 Å². The molecule has 6 heteroatoms. The predicted octanol–water partition coefficient (Wildman–Crippen LogP) is 4.40. The summed E-state index contributed by atoms with van der Waals surface area (Å²) >= 11 is 4.53. The standard InChI is InChI=1S/C18H19ClN2O2S/c1-2-13-23-24(22)17-9-7-16(8-10-17)21-12-11-18(20-21)14-3-5-15(19)6-4-14/h3-10H,2,11-13H2,1H3. The van der Waals surface area contributed by atoms with Crippen LogP contribution in [0, 0.1) is 0 Å².